The number of aliphatic carboxylic acids is 1. The van der Waals surface area contributed by atoms with Crippen molar-refractivity contribution in [2.45, 2.75) is 38.1 Å². The minimum Gasteiger partial charge on any atom is -0.481 e. The van der Waals surface area contributed by atoms with Crippen molar-refractivity contribution in [3.8, 4) is 0 Å². The molecular formula is C19H26N4O3. The van der Waals surface area contributed by atoms with Crippen molar-refractivity contribution in [1.29, 1.82) is 0 Å². The topological polar surface area (TPSA) is 91.3 Å². The lowest BCUT2D eigenvalue weighted by Gasteiger charge is -2.43. The minimum absolute atomic E-state index is 0.204. The Balaban J connectivity index is 1.50. The van der Waals surface area contributed by atoms with Gasteiger partial charge in [0.05, 0.1) is 17.2 Å². The molecule has 2 aliphatic heterocycles. The number of carboxylic acid groups (broad SMARTS) is 1. The Labute approximate surface area is 152 Å². The van der Waals surface area contributed by atoms with E-state index in [4.69, 9.17) is 4.74 Å². The van der Waals surface area contributed by atoms with Gasteiger partial charge in [0.2, 0.25) is 0 Å². The van der Waals surface area contributed by atoms with Gasteiger partial charge in [-0.2, -0.15) is 0 Å². The number of likely N-dealkylation sites (tertiary alicyclic amines) is 1. The number of H-pyrrole nitrogens is 1. The molecule has 0 saturated carbocycles. The Bertz CT molecular complexity index is 723. The maximum atomic E-state index is 11.3. The number of rotatable bonds is 5. The number of fused-ring (bicyclic) bond motifs is 1. The molecule has 7 nitrogen and oxygen atoms in total. The van der Waals surface area contributed by atoms with Crippen LogP contribution in [-0.2, 0) is 16.0 Å². The number of pyridine rings is 1. The minimum atomic E-state index is -0.701. The number of imidazole rings is 1. The number of aromatic nitrogens is 3. The van der Waals surface area contributed by atoms with Crippen LogP contribution in [-0.4, -0.2) is 63.3 Å². The average molecular weight is 358 g/mol. The van der Waals surface area contributed by atoms with E-state index in [0.717, 1.165) is 68.8 Å². The Morgan fingerprint density at radius 3 is 2.92 bits per heavy atom. The van der Waals surface area contributed by atoms with E-state index in [9.17, 15) is 9.90 Å². The van der Waals surface area contributed by atoms with Crippen LogP contribution in [0.5, 0.6) is 0 Å². The summed E-state index contributed by atoms with van der Waals surface area (Å²) in [4.78, 5) is 26.0. The average Bonchev–Trinajstić information content (AvgIpc) is 3.06. The number of carboxylic acids is 1. The van der Waals surface area contributed by atoms with Crippen molar-refractivity contribution in [3.63, 3.8) is 0 Å². The summed E-state index contributed by atoms with van der Waals surface area (Å²) in [5.74, 6) is 0.738. The highest BCUT2D eigenvalue weighted by Crippen LogP contribution is 2.32. The summed E-state index contributed by atoms with van der Waals surface area (Å²) < 4.78 is 5.50. The summed E-state index contributed by atoms with van der Waals surface area (Å²) in [6.45, 7) is 3.60. The van der Waals surface area contributed by atoms with Gasteiger partial charge in [-0.1, -0.05) is 0 Å². The highest BCUT2D eigenvalue weighted by Gasteiger charge is 2.34. The summed E-state index contributed by atoms with van der Waals surface area (Å²) in [6.07, 6.45) is 7.65. The zero-order chi connectivity index (χ0) is 17.9. The fourth-order valence-electron chi connectivity index (χ4n) is 4.47. The van der Waals surface area contributed by atoms with E-state index in [1.165, 1.54) is 0 Å². The SMILES string of the molecule is O=C(O)CC1CCN(C2CCOCC2)CC1Cc1nc2ccncc2[nH]1. The van der Waals surface area contributed by atoms with Gasteiger partial charge in [0.25, 0.3) is 0 Å². The molecular weight excluding hydrogens is 332 g/mol. The normalized spacial score (nSPS) is 25.5. The molecule has 2 aromatic heterocycles. The van der Waals surface area contributed by atoms with Gasteiger partial charge in [0, 0.05) is 44.8 Å². The molecule has 4 heterocycles. The van der Waals surface area contributed by atoms with Crippen molar-refractivity contribution >= 4 is 17.0 Å². The van der Waals surface area contributed by atoms with Crippen LogP contribution in [0, 0.1) is 11.8 Å². The maximum Gasteiger partial charge on any atom is 0.303 e. The van der Waals surface area contributed by atoms with E-state index in [-0.39, 0.29) is 12.3 Å². The van der Waals surface area contributed by atoms with E-state index < -0.39 is 5.97 Å². The highest BCUT2D eigenvalue weighted by molar-refractivity contribution is 5.73. The zero-order valence-corrected chi connectivity index (χ0v) is 14.9. The van der Waals surface area contributed by atoms with Gasteiger partial charge in [-0.15, -0.1) is 0 Å². The largest absolute Gasteiger partial charge is 0.481 e. The molecule has 0 aliphatic carbocycles. The van der Waals surface area contributed by atoms with Gasteiger partial charge in [0.15, 0.2) is 0 Å². The molecule has 2 aromatic rings. The first-order valence-electron chi connectivity index (χ1n) is 9.51. The number of carbonyl (C=O) groups is 1. The third-order valence-electron chi connectivity index (χ3n) is 5.85. The van der Waals surface area contributed by atoms with E-state index in [1.807, 2.05) is 6.07 Å². The molecule has 2 atom stereocenters. The molecule has 0 bridgehead atoms. The Kier molecular flexibility index (Phi) is 5.17. The summed E-state index contributed by atoms with van der Waals surface area (Å²) >= 11 is 0. The number of nitrogens with one attached hydrogen (secondary N) is 1. The third kappa shape index (κ3) is 3.88. The second-order valence-electron chi connectivity index (χ2n) is 7.53. The van der Waals surface area contributed by atoms with Crippen molar-refractivity contribution in [3.05, 3.63) is 24.3 Å². The molecule has 7 heteroatoms. The zero-order valence-electron chi connectivity index (χ0n) is 14.9. The van der Waals surface area contributed by atoms with E-state index in [2.05, 4.69) is 19.9 Å². The predicted molar refractivity (Wildman–Crippen MR) is 96.9 cm³/mol. The van der Waals surface area contributed by atoms with Crippen molar-refractivity contribution in [1.82, 2.24) is 19.9 Å². The molecule has 2 unspecified atom stereocenters. The molecule has 2 N–H and O–H groups in total. The van der Waals surface area contributed by atoms with Crippen molar-refractivity contribution in [2.75, 3.05) is 26.3 Å². The highest BCUT2D eigenvalue weighted by atomic mass is 16.5. The lowest BCUT2D eigenvalue weighted by molar-refractivity contribution is -0.139. The first kappa shape index (κ1) is 17.4. The van der Waals surface area contributed by atoms with Gasteiger partial charge in [-0.25, -0.2) is 4.98 Å². The third-order valence-corrected chi connectivity index (χ3v) is 5.85. The van der Waals surface area contributed by atoms with Gasteiger partial charge in [0.1, 0.15) is 5.82 Å². The van der Waals surface area contributed by atoms with Crippen LogP contribution in [0.4, 0.5) is 0 Å². The molecule has 4 rings (SSSR count). The van der Waals surface area contributed by atoms with E-state index in [1.54, 1.807) is 12.4 Å². The summed E-state index contributed by atoms with van der Waals surface area (Å²) in [6, 6.07) is 2.47. The first-order valence-corrected chi connectivity index (χ1v) is 9.51. The van der Waals surface area contributed by atoms with Crippen LogP contribution in [0.2, 0.25) is 0 Å². The molecule has 26 heavy (non-hydrogen) atoms. The van der Waals surface area contributed by atoms with Crippen LogP contribution in [0.25, 0.3) is 11.0 Å². The van der Waals surface area contributed by atoms with Gasteiger partial charge in [-0.3, -0.25) is 14.7 Å². The van der Waals surface area contributed by atoms with Crippen LogP contribution < -0.4 is 0 Å². The second kappa shape index (κ2) is 7.72. The molecule has 0 radical (unpaired) electrons. The Morgan fingerprint density at radius 2 is 2.15 bits per heavy atom. The summed E-state index contributed by atoms with van der Waals surface area (Å²) in [5, 5.41) is 9.32. The number of hydrogen-bond acceptors (Lipinski definition) is 5. The van der Waals surface area contributed by atoms with E-state index in [0.29, 0.717) is 12.0 Å². The van der Waals surface area contributed by atoms with Gasteiger partial charge in [-0.05, 0) is 43.7 Å². The Hall–Kier alpha value is -1.99. The maximum absolute atomic E-state index is 11.3. The van der Waals surface area contributed by atoms with E-state index >= 15 is 0 Å². The summed E-state index contributed by atoms with van der Waals surface area (Å²) in [7, 11) is 0. The van der Waals surface area contributed by atoms with Crippen molar-refractivity contribution < 1.29 is 14.6 Å². The van der Waals surface area contributed by atoms with Crippen LogP contribution in [0.1, 0.15) is 31.5 Å². The summed E-state index contributed by atoms with van der Waals surface area (Å²) in [5.41, 5.74) is 1.86. The standard InChI is InChI=1S/C19H26N4O3/c24-19(25)10-13-2-6-23(15-3-7-26-8-4-15)12-14(13)9-18-21-16-1-5-20-11-17(16)22-18/h1,5,11,13-15H,2-4,6-10,12H2,(H,21,22)(H,24,25). The fourth-order valence-corrected chi connectivity index (χ4v) is 4.47. The fraction of sp³-hybridized carbons (Fsp3) is 0.632. The number of piperidine rings is 1. The lowest BCUT2D eigenvalue weighted by atomic mass is 9.80. The molecule has 2 saturated heterocycles. The predicted octanol–water partition coefficient (Wildman–Crippen LogP) is 2.09. The molecule has 0 spiro atoms. The quantitative estimate of drug-likeness (QED) is 0.850. The Morgan fingerprint density at radius 1 is 1.31 bits per heavy atom. The van der Waals surface area contributed by atoms with Crippen molar-refractivity contribution in [2.24, 2.45) is 11.8 Å². The second-order valence-corrected chi connectivity index (χ2v) is 7.53. The van der Waals surface area contributed by atoms with Gasteiger partial charge >= 0.3 is 5.97 Å². The smallest absolute Gasteiger partial charge is 0.303 e. The van der Waals surface area contributed by atoms with Gasteiger partial charge < -0.3 is 14.8 Å². The molecule has 0 aromatic carbocycles. The molecule has 140 valence electrons. The molecule has 2 fully saturated rings. The number of ether oxygens (including phenoxy) is 1. The van der Waals surface area contributed by atoms with Crippen LogP contribution in [0.15, 0.2) is 18.5 Å². The molecule has 0 amide bonds. The van der Waals surface area contributed by atoms with Crippen LogP contribution >= 0.6 is 0 Å². The monoisotopic (exact) mass is 358 g/mol. The number of nitrogens with zero attached hydrogens (tertiary/aromatic N) is 3. The number of aromatic amines is 1. The first-order chi connectivity index (χ1) is 12.7. The van der Waals surface area contributed by atoms with Crippen LogP contribution in [0.3, 0.4) is 0 Å². The molecule has 2 aliphatic rings. The lowest BCUT2D eigenvalue weighted by Crippen LogP contribution is -2.48. The number of hydrogen-bond donors (Lipinski definition) is 2.